The molecule has 0 aromatic rings. The van der Waals surface area contributed by atoms with Crippen molar-refractivity contribution >= 4 is 5.78 Å². The van der Waals surface area contributed by atoms with Crippen molar-refractivity contribution < 1.29 is 9.90 Å². The largest absolute Gasteiger partial charge is 0.389 e. The van der Waals surface area contributed by atoms with E-state index in [0.717, 1.165) is 0 Å². The first-order valence-corrected chi connectivity index (χ1v) is 3.38. The third-order valence-electron chi connectivity index (χ3n) is 1.17. The molecule has 0 aliphatic carbocycles. The first-order chi connectivity index (χ1) is 5.06. The summed E-state index contributed by atoms with van der Waals surface area (Å²) < 4.78 is 0. The van der Waals surface area contributed by atoms with E-state index in [1.807, 2.05) is 0 Å². The first-order valence-electron chi connectivity index (χ1n) is 3.38. The van der Waals surface area contributed by atoms with Gasteiger partial charge < -0.3 is 5.11 Å². The molecule has 0 spiro atoms. The Kier molecular flexibility index (Phi) is 4.24. The molecule has 0 rings (SSSR count). The lowest BCUT2D eigenvalue weighted by Crippen LogP contribution is -2.08. The van der Waals surface area contributed by atoms with E-state index in [1.54, 1.807) is 6.92 Å². The Hall–Kier alpha value is -1.07. The highest BCUT2D eigenvalue weighted by Crippen LogP contribution is 1.98. The summed E-state index contributed by atoms with van der Waals surface area (Å²) >= 11 is 0. The second-order valence-corrected chi connectivity index (χ2v) is 2.47. The fourth-order valence-corrected chi connectivity index (χ4v) is 0.690. The van der Waals surface area contributed by atoms with E-state index in [4.69, 9.17) is 11.5 Å². The number of aliphatic hydroxyl groups excluding tert-OH is 1. The number of terminal acetylenes is 1. The molecule has 0 bridgehead atoms. The van der Waals surface area contributed by atoms with Gasteiger partial charge in [-0.05, 0) is 25.5 Å². The topological polar surface area (TPSA) is 37.3 Å². The van der Waals surface area contributed by atoms with Gasteiger partial charge in [-0.1, -0.05) is 5.92 Å². The van der Waals surface area contributed by atoms with Crippen molar-refractivity contribution in [3.05, 3.63) is 11.6 Å². The Bertz CT molecular complexity index is 208. The van der Waals surface area contributed by atoms with Gasteiger partial charge in [0.05, 0.1) is 6.10 Å². The Labute approximate surface area is 66.9 Å². The molecular formula is C9H12O2. The predicted octanol–water partition coefficient (Wildman–Crippen LogP) is 0.906. The van der Waals surface area contributed by atoms with Crippen LogP contribution in [0.3, 0.4) is 0 Å². The fraction of sp³-hybridized carbons (Fsp3) is 0.444. The van der Waals surface area contributed by atoms with Crippen LogP contribution in [0.4, 0.5) is 0 Å². The maximum absolute atomic E-state index is 10.5. The second kappa shape index (κ2) is 4.70. The Balaban J connectivity index is 3.98. The monoisotopic (exact) mass is 152 g/mol. The van der Waals surface area contributed by atoms with E-state index in [2.05, 4.69) is 5.92 Å². The van der Waals surface area contributed by atoms with Gasteiger partial charge in [0.1, 0.15) is 5.78 Å². The van der Waals surface area contributed by atoms with Crippen LogP contribution < -0.4 is 0 Å². The molecule has 0 amide bonds. The minimum atomic E-state index is -0.733. The van der Waals surface area contributed by atoms with Crippen molar-refractivity contribution in [3.63, 3.8) is 0 Å². The van der Waals surface area contributed by atoms with Crippen molar-refractivity contribution in [2.24, 2.45) is 0 Å². The van der Waals surface area contributed by atoms with Crippen molar-refractivity contribution in [2.45, 2.75) is 26.4 Å². The summed E-state index contributed by atoms with van der Waals surface area (Å²) in [6, 6.07) is 0. The first kappa shape index (κ1) is 9.93. The van der Waals surface area contributed by atoms with Gasteiger partial charge in [0.2, 0.25) is 0 Å². The van der Waals surface area contributed by atoms with Crippen LogP contribution >= 0.6 is 0 Å². The molecule has 1 N–H and O–H groups in total. The molecule has 11 heavy (non-hydrogen) atoms. The number of allylic oxidation sites excluding steroid dienone is 1. The molecule has 2 heteroatoms. The van der Waals surface area contributed by atoms with Crippen molar-refractivity contribution in [1.29, 1.82) is 0 Å². The maximum Gasteiger partial charge on any atom is 0.132 e. The Morgan fingerprint density at radius 1 is 1.73 bits per heavy atom. The SMILES string of the molecule is C#C/C(C)=C/C(O)CC(C)=O. The number of hydrogen-bond donors (Lipinski definition) is 1. The lowest BCUT2D eigenvalue weighted by atomic mass is 10.1. The lowest BCUT2D eigenvalue weighted by Gasteiger charge is -2.01. The van der Waals surface area contributed by atoms with Gasteiger partial charge in [-0.2, -0.15) is 0 Å². The van der Waals surface area contributed by atoms with Crippen LogP contribution in [0.5, 0.6) is 0 Å². The third-order valence-corrected chi connectivity index (χ3v) is 1.17. The maximum atomic E-state index is 10.5. The third kappa shape index (κ3) is 5.38. The zero-order valence-corrected chi connectivity index (χ0v) is 6.79. The highest BCUT2D eigenvalue weighted by atomic mass is 16.3. The zero-order chi connectivity index (χ0) is 8.85. The number of carbonyl (C=O) groups is 1. The number of hydrogen-bond acceptors (Lipinski definition) is 2. The van der Waals surface area contributed by atoms with Gasteiger partial charge in [-0.15, -0.1) is 6.42 Å². The minimum absolute atomic E-state index is 0.0430. The molecule has 0 saturated carbocycles. The van der Waals surface area contributed by atoms with Gasteiger partial charge in [-0.3, -0.25) is 4.79 Å². The molecule has 1 atom stereocenters. The van der Waals surface area contributed by atoms with Gasteiger partial charge in [0.15, 0.2) is 0 Å². The standard InChI is InChI=1S/C9H12O2/c1-4-7(2)5-9(11)6-8(3)10/h1,5,9,11H,6H2,2-3H3/b7-5+. The summed E-state index contributed by atoms with van der Waals surface area (Å²) in [5.41, 5.74) is 0.652. The van der Waals surface area contributed by atoms with Crippen LogP contribution in [0, 0.1) is 12.3 Å². The summed E-state index contributed by atoms with van der Waals surface area (Å²) in [7, 11) is 0. The number of ketones is 1. The minimum Gasteiger partial charge on any atom is -0.389 e. The number of carbonyl (C=O) groups excluding carboxylic acids is 1. The second-order valence-electron chi connectivity index (χ2n) is 2.47. The summed E-state index contributed by atoms with van der Waals surface area (Å²) in [4.78, 5) is 10.5. The molecule has 0 aliphatic heterocycles. The van der Waals surface area contributed by atoms with Crippen LogP contribution in [0.25, 0.3) is 0 Å². The van der Waals surface area contributed by atoms with Crippen LogP contribution in [-0.2, 0) is 4.79 Å². The average molecular weight is 152 g/mol. The quantitative estimate of drug-likeness (QED) is 0.610. The number of rotatable bonds is 3. The van der Waals surface area contributed by atoms with Gasteiger partial charge >= 0.3 is 0 Å². The van der Waals surface area contributed by atoms with Crippen molar-refractivity contribution in [3.8, 4) is 12.3 Å². The van der Waals surface area contributed by atoms with E-state index in [0.29, 0.717) is 5.57 Å². The van der Waals surface area contributed by atoms with Crippen LogP contribution in [0.1, 0.15) is 20.3 Å². The van der Waals surface area contributed by atoms with E-state index in [-0.39, 0.29) is 12.2 Å². The molecule has 0 aromatic heterocycles. The summed E-state index contributed by atoms with van der Waals surface area (Å²) in [5.74, 6) is 2.32. The van der Waals surface area contributed by atoms with Crippen molar-refractivity contribution in [2.75, 3.05) is 0 Å². The molecule has 0 heterocycles. The normalized spacial score (nSPS) is 13.8. The van der Waals surface area contributed by atoms with E-state index < -0.39 is 6.10 Å². The molecule has 0 fully saturated rings. The summed E-state index contributed by atoms with van der Waals surface area (Å²) in [6.45, 7) is 3.14. The van der Waals surface area contributed by atoms with Gasteiger partial charge in [0.25, 0.3) is 0 Å². The highest BCUT2D eigenvalue weighted by Gasteiger charge is 2.02. The molecule has 2 nitrogen and oxygen atoms in total. The molecule has 0 radical (unpaired) electrons. The molecule has 0 aromatic carbocycles. The van der Waals surface area contributed by atoms with E-state index >= 15 is 0 Å². The van der Waals surface area contributed by atoms with Gasteiger partial charge in [-0.25, -0.2) is 0 Å². The molecule has 60 valence electrons. The lowest BCUT2D eigenvalue weighted by molar-refractivity contribution is -0.118. The number of aliphatic hydroxyl groups is 1. The Morgan fingerprint density at radius 2 is 2.27 bits per heavy atom. The average Bonchev–Trinajstić information content (AvgIpc) is 1.85. The van der Waals surface area contributed by atoms with Crippen LogP contribution in [-0.4, -0.2) is 17.0 Å². The van der Waals surface area contributed by atoms with Crippen LogP contribution in [0.15, 0.2) is 11.6 Å². The number of Topliss-reactive ketones (excluding diaryl/α,β-unsaturated/α-hetero) is 1. The smallest absolute Gasteiger partial charge is 0.132 e. The van der Waals surface area contributed by atoms with Gasteiger partial charge in [0, 0.05) is 6.42 Å². The predicted molar refractivity (Wildman–Crippen MR) is 43.9 cm³/mol. The Morgan fingerprint density at radius 3 is 2.64 bits per heavy atom. The van der Waals surface area contributed by atoms with Crippen LogP contribution in [0.2, 0.25) is 0 Å². The summed E-state index contributed by atoms with van der Waals surface area (Å²) in [6.07, 6.45) is 5.94. The van der Waals surface area contributed by atoms with Crippen molar-refractivity contribution in [1.82, 2.24) is 0 Å². The van der Waals surface area contributed by atoms with E-state index in [1.165, 1.54) is 13.0 Å². The zero-order valence-electron chi connectivity index (χ0n) is 6.79. The summed E-state index contributed by atoms with van der Waals surface area (Å²) in [5, 5.41) is 9.13. The molecule has 0 aliphatic rings. The molecular weight excluding hydrogens is 140 g/mol. The molecule has 0 saturated heterocycles. The molecule has 1 unspecified atom stereocenters. The fourth-order valence-electron chi connectivity index (χ4n) is 0.690. The van der Waals surface area contributed by atoms with E-state index in [9.17, 15) is 4.79 Å². The highest BCUT2D eigenvalue weighted by molar-refractivity contribution is 5.76.